The smallest absolute Gasteiger partial charge is 0.289 e. The lowest BCUT2D eigenvalue weighted by atomic mass is 9.99. The molecule has 0 fully saturated rings. The first-order valence-electron chi connectivity index (χ1n) is 14.3. The van der Waals surface area contributed by atoms with E-state index in [2.05, 4.69) is 15.4 Å². The Balaban J connectivity index is 1.25. The number of hydrogen-bond donors (Lipinski definition) is 3. The van der Waals surface area contributed by atoms with Crippen molar-refractivity contribution in [2.45, 2.75) is 41.6 Å². The molecule has 3 aromatic rings. The zero-order valence-electron chi connectivity index (χ0n) is 24.2. The average Bonchev–Trinajstić information content (AvgIpc) is 3.05. The molecule has 0 radical (unpaired) electrons. The van der Waals surface area contributed by atoms with Crippen LogP contribution in [0.1, 0.15) is 18.1 Å². The SMILES string of the molecule is CCN1Sc2cc3c(cc2CC1C(=O)N[C@@H](Cc1ccccc1)C(=O)C(=O)NCCNS(=O)(=O)c1ccccc1)OCCO3. The molecule has 11 nitrogen and oxygen atoms in total. The van der Waals surface area contributed by atoms with Gasteiger partial charge in [0.2, 0.25) is 21.7 Å². The molecule has 3 N–H and O–H groups in total. The molecule has 3 aromatic carbocycles. The monoisotopic (exact) mass is 638 g/mol. The molecular weight excluding hydrogens is 604 g/mol. The second kappa shape index (κ2) is 14.2. The quantitative estimate of drug-likeness (QED) is 0.154. The zero-order chi connectivity index (χ0) is 31.1. The molecule has 13 heteroatoms. The van der Waals surface area contributed by atoms with Crippen molar-refractivity contribution in [2.75, 3.05) is 32.8 Å². The second-order valence-corrected chi connectivity index (χ2v) is 13.1. The molecule has 0 spiro atoms. The van der Waals surface area contributed by atoms with Crippen molar-refractivity contribution >= 4 is 39.6 Å². The molecule has 0 aliphatic carbocycles. The first-order chi connectivity index (χ1) is 21.2. The van der Waals surface area contributed by atoms with E-state index in [0.29, 0.717) is 37.7 Å². The summed E-state index contributed by atoms with van der Waals surface area (Å²) >= 11 is 1.44. The highest BCUT2D eigenvalue weighted by Crippen LogP contribution is 2.42. The number of sulfonamides is 1. The van der Waals surface area contributed by atoms with Crippen LogP contribution in [-0.2, 0) is 37.2 Å². The van der Waals surface area contributed by atoms with E-state index in [4.69, 9.17) is 9.47 Å². The second-order valence-electron chi connectivity index (χ2n) is 10.2. The Hall–Kier alpha value is -3.91. The Kier molecular flexibility index (Phi) is 10.2. The van der Waals surface area contributed by atoms with Gasteiger partial charge in [0.15, 0.2) is 11.5 Å². The summed E-state index contributed by atoms with van der Waals surface area (Å²) < 4.78 is 40.7. The summed E-state index contributed by atoms with van der Waals surface area (Å²) in [4.78, 5) is 41.1. The van der Waals surface area contributed by atoms with Crippen LogP contribution in [0.25, 0.3) is 0 Å². The van der Waals surface area contributed by atoms with Crippen molar-refractivity contribution in [3.63, 3.8) is 0 Å². The van der Waals surface area contributed by atoms with Crippen molar-refractivity contribution in [1.29, 1.82) is 0 Å². The van der Waals surface area contributed by atoms with E-state index >= 15 is 0 Å². The molecule has 5 rings (SSSR count). The molecule has 2 heterocycles. The summed E-state index contributed by atoms with van der Waals surface area (Å²) in [5.41, 5.74) is 1.71. The largest absolute Gasteiger partial charge is 0.486 e. The van der Waals surface area contributed by atoms with E-state index in [1.54, 1.807) is 18.2 Å². The lowest BCUT2D eigenvalue weighted by Crippen LogP contribution is -2.55. The van der Waals surface area contributed by atoms with Gasteiger partial charge in [0.1, 0.15) is 25.3 Å². The van der Waals surface area contributed by atoms with E-state index in [-0.39, 0.29) is 30.3 Å². The number of rotatable bonds is 12. The van der Waals surface area contributed by atoms with Crippen molar-refractivity contribution in [3.8, 4) is 11.5 Å². The van der Waals surface area contributed by atoms with Gasteiger partial charge >= 0.3 is 0 Å². The standard InChI is InChI=1S/C31H34N4O7S2/c1-2-35-25(18-22-19-26-27(20-28(22)43-35)42-16-15-41-26)30(37)34-24(17-21-9-5-3-6-10-21)29(36)31(38)32-13-14-33-44(39,40)23-11-7-4-8-12-23/h3-12,19-20,24-25,33H,2,13-18H2,1H3,(H,32,38)(H,34,37)/t24-,25?/m0/s1. The Bertz CT molecular complexity index is 1600. The molecule has 0 saturated carbocycles. The summed E-state index contributed by atoms with van der Waals surface area (Å²) in [6, 6.07) is 19.1. The minimum atomic E-state index is -3.76. The minimum Gasteiger partial charge on any atom is -0.486 e. The highest BCUT2D eigenvalue weighted by Gasteiger charge is 2.36. The molecule has 44 heavy (non-hydrogen) atoms. The van der Waals surface area contributed by atoms with Crippen molar-refractivity contribution in [1.82, 2.24) is 19.7 Å². The normalized spacial score (nSPS) is 16.8. The number of ether oxygens (including phenoxy) is 2. The van der Waals surface area contributed by atoms with Crippen molar-refractivity contribution in [3.05, 3.63) is 83.9 Å². The van der Waals surface area contributed by atoms with Gasteiger partial charge in [0, 0.05) is 31.0 Å². The van der Waals surface area contributed by atoms with Gasteiger partial charge in [-0.15, -0.1) is 0 Å². The first-order valence-corrected chi connectivity index (χ1v) is 16.6. The van der Waals surface area contributed by atoms with Gasteiger partial charge in [0.05, 0.1) is 4.90 Å². The van der Waals surface area contributed by atoms with Crippen LogP contribution in [0.5, 0.6) is 11.5 Å². The summed E-state index contributed by atoms with van der Waals surface area (Å²) in [7, 11) is -3.76. The topological polar surface area (TPSA) is 143 Å². The number of carbonyl (C=O) groups is 3. The van der Waals surface area contributed by atoms with Crippen LogP contribution < -0.4 is 24.8 Å². The van der Waals surface area contributed by atoms with Crippen molar-refractivity contribution < 1.29 is 32.3 Å². The number of hydrogen-bond acceptors (Lipinski definition) is 9. The molecule has 2 amide bonds. The fourth-order valence-corrected chi connectivity index (χ4v) is 7.13. The Morgan fingerprint density at radius 2 is 1.61 bits per heavy atom. The van der Waals surface area contributed by atoms with Gasteiger partial charge in [0.25, 0.3) is 5.91 Å². The van der Waals surface area contributed by atoms with Crippen LogP contribution in [0.3, 0.4) is 0 Å². The number of fused-ring (bicyclic) bond motifs is 2. The number of nitrogens with zero attached hydrogens (tertiary/aromatic N) is 1. The molecule has 0 saturated heterocycles. The van der Waals surface area contributed by atoms with E-state index in [1.165, 1.54) is 24.1 Å². The lowest BCUT2D eigenvalue weighted by Gasteiger charge is -2.35. The maximum absolute atomic E-state index is 13.7. The number of likely N-dealkylation sites (N-methyl/N-ethyl adjacent to an activating group) is 1. The Morgan fingerprint density at radius 3 is 2.30 bits per heavy atom. The first kappa shape index (κ1) is 31.5. The number of ketones is 1. The lowest BCUT2D eigenvalue weighted by molar-refractivity contribution is -0.140. The third-order valence-electron chi connectivity index (χ3n) is 7.21. The van der Waals surface area contributed by atoms with E-state index in [1.807, 2.05) is 53.7 Å². The molecule has 2 aliphatic rings. The van der Waals surface area contributed by atoms with Gasteiger partial charge in [-0.3, -0.25) is 14.4 Å². The maximum atomic E-state index is 13.7. The van der Waals surface area contributed by atoms with Gasteiger partial charge in [-0.05, 0) is 53.8 Å². The molecule has 0 aromatic heterocycles. The molecule has 0 bridgehead atoms. The third-order valence-corrected chi connectivity index (χ3v) is 10.0. The minimum absolute atomic E-state index is 0.0957. The number of carbonyl (C=O) groups excluding carboxylic acids is 3. The molecule has 232 valence electrons. The van der Waals surface area contributed by atoms with E-state index < -0.39 is 33.8 Å². The zero-order valence-corrected chi connectivity index (χ0v) is 25.8. The van der Waals surface area contributed by atoms with E-state index in [0.717, 1.165) is 16.0 Å². The van der Waals surface area contributed by atoms with Crippen LogP contribution in [0.4, 0.5) is 0 Å². The van der Waals surface area contributed by atoms with Gasteiger partial charge < -0.3 is 20.1 Å². The number of Topliss-reactive ketones (excluding diaryl/α,β-unsaturated/α-hetero) is 1. The number of benzene rings is 3. The Labute approximate surface area is 260 Å². The Morgan fingerprint density at radius 1 is 0.955 bits per heavy atom. The van der Waals surface area contributed by atoms with Gasteiger partial charge in [-0.25, -0.2) is 17.4 Å². The highest BCUT2D eigenvalue weighted by molar-refractivity contribution is 7.97. The number of nitrogens with one attached hydrogen (secondary N) is 3. The van der Waals surface area contributed by atoms with Gasteiger partial charge in [-0.1, -0.05) is 55.5 Å². The summed E-state index contributed by atoms with van der Waals surface area (Å²) in [5.74, 6) is -0.796. The molecule has 2 aliphatic heterocycles. The molecule has 2 atom stereocenters. The third kappa shape index (κ3) is 7.59. The predicted octanol–water partition coefficient (Wildman–Crippen LogP) is 2.10. The average molecular weight is 639 g/mol. The highest BCUT2D eigenvalue weighted by atomic mass is 32.2. The molecular formula is C31H34N4O7S2. The molecule has 1 unspecified atom stereocenters. The fraction of sp³-hybridized carbons (Fsp3) is 0.323. The van der Waals surface area contributed by atoms with Crippen molar-refractivity contribution in [2.24, 2.45) is 0 Å². The number of amides is 2. The van der Waals surface area contributed by atoms with Crippen LogP contribution in [-0.4, -0.2) is 75.3 Å². The van der Waals surface area contributed by atoms with Crippen LogP contribution in [0.2, 0.25) is 0 Å². The fourth-order valence-electron chi connectivity index (χ4n) is 4.98. The maximum Gasteiger partial charge on any atom is 0.289 e. The van der Waals surface area contributed by atoms with E-state index in [9.17, 15) is 22.8 Å². The summed E-state index contributed by atoms with van der Waals surface area (Å²) in [6.07, 6.45) is 0.499. The van der Waals surface area contributed by atoms with Crippen LogP contribution >= 0.6 is 11.9 Å². The van der Waals surface area contributed by atoms with Crippen LogP contribution in [0, 0.1) is 0 Å². The summed E-state index contributed by atoms with van der Waals surface area (Å²) in [6.45, 7) is 3.21. The summed E-state index contributed by atoms with van der Waals surface area (Å²) in [5, 5.41) is 5.32. The predicted molar refractivity (Wildman–Crippen MR) is 165 cm³/mol. The van der Waals surface area contributed by atoms with Gasteiger partial charge in [-0.2, -0.15) is 0 Å². The van der Waals surface area contributed by atoms with Crippen LogP contribution in [0.15, 0.2) is 82.6 Å².